The highest BCUT2D eigenvalue weighted by molar-refractivity contribution is 6.34. The maximum atomic E-state index is 11.3. The Labute approximate surface area is 96.0 Å². The second-order valence-electron chi connectivity index (χ2n) is 3.28. The number of amides is 1. The van der Waals surface area contributed by atoms with Gasteiger partial charge in [0.2, 0.25) is 5.91 Å². The van der Waals surface area contributed by atoms with Crippen LogP contribution in [0.1, 0.15) is 16.8 Å². The Morgan fingerprint density at radius 3 is 2.94 bits per heavy atom. The molecular formula is C10H8ClNO4. The third-order valence-electron chi connectivity index (χ3n) is 2.15. The van der Waals surface area contributed by atoms with Crippen LogP contribution < -0.4 is 10.1 Å². The van der Waals surface area contributed by atoms with Gasteiger partial charge in [-0.25, -0.2) is 4.79 Å². The van der Waals surface area contributed by atoms with Crippen molar-refractivity contribution in [2.75, 3.05) is 11.9 Å². The molecule has 1 amide bonds. The van der Waals surface area contributed by atoms with Gasteiger partial charge in [-0.1, -0.05) is 11.6 Å². The Morgan fingerprint density at radius 2 is 2.25 bits per heavy atom. The molecule has 0 radical (unpaired) electrons. The predicted octanol–water partition coefficient (Wildman–Crippen LogP) is 1.76. The van der Waals surface area contributed by atoms with Crippen LogP contribution in [0.3, 0.4) is 0 Å². The number of anilines is 1. The van der Waals surface area contributed by atoms with Crippen molar-refractivity contribution in [3.63, 3.8) is 0 Å². The Kier molecular flexibility index (Phi) is 2.70. The van der Waals surface area contributed by atoms with Gasteiger partial charge in [-0.05, 0) is 12.1 Å². The van der Waals surface area contributed by atoms with Gasteiger partial charge in [0.15, 0.2) is 0 Å². The highest BCUT2D eigenvalue weighted by atomic mass is 35.5. The molecule has 2 N–H and O–H groups in total. The highest BCUT2D eigenvalue weighted by Crippen LogP contribution is 2.35. The summed E-state index contributed by atoms with van der Waals surface area (Å²) in [5, 5.41) is 11.6. The van der Waals surface area contributed by atoms with Crippen molar-refractivity contribution in [2.45, 2.75) is 6.42 Å². The molecule has 1 aromatic rings. The number of benzene rings is 1. The minimum absolute atomic E-state index is 0.0277. The summed E-state index contributed by atoms with van der Waals surface area (Å²) in [5.74, 6) is -1.01. The van der Waals surface area contributed by atoms with E-state index in [0.717, 1.165) is 0 Å². The number of fused-ring (bicyclic) bond motifs is 1. The van der Waals surface area contributed by atoms with Crippen molar-refractivity contribution in [1.29, 1.82) is 0 Å². The van der Waals surface area contributed by atoms with Gasteiger partial charge in [0.05, 0.1) is 23.6 Å². The van der Waals surface area contributed by atoms with Gasteiger partial charge in [-0.15, -0.1) is 0 Å². The predicted molar refractivity (Wildman–Crippen MR) is 57.2 cm³/mol. The second kappa shape index (κ2) is 4.02. The summed E-state index contributed by atoms with van der Waals surface area (Å²) in [7, 11) is 0. The van der Waals surface area contributed by atoms with Crippen molar-refractivity contribution in [2.24, 2.45) is 0 Å². The van der Waals surface area contributed by atoms with Crippen molar-refractivity contribution in [3.8, 4) is 5.75 Å². The molecule has 0 saturated heterocycles. The summed E-state index contributed by atoms with van der Waals surface area (Å²) >= 11 is 5.87. The molecule has 0 aromatic heterocycles. The summed E-state index contributed by atoms with van der Waals surface area (Å²) in [4.78, 5) is 22.0. The lowest BCUT2D eigenvalue weighted by atomic mass is 10.2. The molecule has 5 nitrogen and oxygen atoms in total. The summed E-state index contributed by atoms with van der Waals surface area (Å²) in [5.41, 5.74) is 0.356. The van der Waals surface area contributed by atoms with Crippen LogP contribution in [-0.2, 0) is 4.79 Å². The van der Waals surface area contributed by atoms with Gasteiger partial charge in [-0.3, -0.25) is 4.79 Å². The molecule has 0 aliphatic carbocycles. The maximum absolute atomic E-state index is 11.3. The molecular weight excluding hydrogens is 234 g/mol. The summed E-state index contributed by atoms with van der Waals surface area (Å²) in [6.45, 7) is 0.207. The Bertz CT molecular complexity index is 472. The van der Waals surface area contributed by atoms with Crippen LogP contribution in [0, 0.1) is 0 Å². The number of rotatable bonds is 1. The standard InChI is InChI=1S/C10H8ClNO4/c11-6-3-5(10(14)15)4-7-9(6)12-8(13)1-2-16-7/h3-4H,1-2H2,(H,12,13)(H,14,15). The van der Waals surface area contributed by atoms with E-state index in [4.69, 9.17) is 21.4 Å². The van der Waals surface area contributed by atoms with Crippen LogP contribution in [0.5, 0.6) is 5.75 Å². The maximum Gasteiger partial charge on any atom is 0.335 e. The zero-order chi connectivity index (χ0) is 11.7. The lowest BCUT2D eigenvalue weighted by Crippen LogP contribution is -2.10. The summed E-state index contributed by atoms with van der Waals surface area (Å²) in [6.07, 6.45) is 0.216. The molecule has 16 heavy (non-hydrogen) atoms. The van der Waals surface area contributed by atoms with Crippen LogP contribution in [0.2, 0.25) is 5.02 Å². The van der Waals surface area contributed by atoms with Crippen LogP contribution in [0.25, 0.3) is 0 Å². The molecule has 0 bridgehead atoms. The van der Waals surface area contributed by atoms with E-state index in [-0.39, 0.29) is 35.3 Å². The first kappa shape index (κ1) is 10.8. The number of carboxylic acids is 1. The molecule has 2 rings (SSSR count). The number of carboxylic acid groups (broad SMARTS) is 1. The third kappa shape index (κ3) is 1.94. The fourth-order valence-corrected chi connectivity index (χ4v) is 1.65. The van der Waals surface area contributed by atoms with E-state index < -0.39 is 5.97 Å². The van der Waals surface area contributed by atoms with Gasteiger partial charge in [0.25, 0.3) is 0 Å². The molecule has 84 valence electrons. The normalized spacial score (nSPS) is 14.4. The quantitative estimate of drug-likeness (QED) is 0.786. The fourth-order valence-electron chi connectivity index (χ4n) is 1.40. The first-order valence-electron chi connectivity index (χ1n) is 4.57. The molecule has 0 unspecified atom stereocenters. The van der Waals surface area contributed by atoms with Crippen LogP contribution in [0.15, 0.2) is 12.1 Å². The average molecular weight is 242 g/mol. The largest absolute Gasteiger partial charge is 0.491 e. The molecule has 1 heterocycles. The fraction of sp³-hybridized carbons (Fsp3) is 0.200. The van der Waals surface area contributed by atoms with Gasteiger partial charge < -0.3 is 15.2 Å². The topological polar surface area (TPSA) is 75.6 Å². The molecule has 1 aliphatic heterocycles. The Hall–Kier alpha value is -1.75. The van der Waals surface area contributed by atoms with E-state index in [1.54, 1.807) is 0 Å². The molecule has 0 saturated carbocycles. The number of aromatic carboxylic acids is 1. The van der Waals surface area contributed by atoms with Crippen molar-refractivity contribution in [3.05, 3.63) is 22.7 Å². The minimum atomic E-state index is -1.09. The van der Waals surface area contributed by atoms with E-state index in [1.807, 2.05) is 0 Å². The molecule has 0 fully saturated rings. The van der Waals surface area contributed by atoms with E-state index in [1.165, 1.54) is 12.1 Å². The molecule has 0 atom stereocenters. The van der Waals surface area contributed by atoms with Gasteiger partial charge >= 0.3 is 5.97 Å². The summed E-state index contributed by atoms with van der Waals surface area (Å²) < 4.78 is 5.26. The van der Waals surface area contributed by atoms with Gasteiger partial charge in [0.1, 0.15) is 11.4 Å². The lowest BCUT2D eigenvalue weighted by Gasteiger charge is -2.09. The van der Waals surface area contributed by atoms with E-state index in [2.05, 4.69) is 5.32 Å². The lowest BCUT2D eigenvalue weighted by molar-refractivity contribution is -0.116. The zero-order valence-corrected chi connectivity index (χ0v) is 8.87. The minimum Gasteiger partial charge on any atom is -0.491 e. The van der Waals surface area contributed by atoms with Gasteiger partial charge in [-0.2, -0.15) is 0 Å². The Balaban J connectivity index is 2.51. The number of halogens is 1. The molecule has 1 aromatic carbocycles. The van der Waals surface area contributed by atoms with E-state index in [0.29, 0.717) is 5.69 Å². The third-order valence-corrected chi connectivity index (χ3v) is 2.45. The summed E-state index contributed by atoms with van der Waals surface area (Å²) in [6, 6.07) is 2.62. The zero-order valence-electron chi connectivity index (χ0n) is 8.12. The second-order valence-corrected chi connectivity index (χ2v) is 3.69. The van der Waals surface area contributed by atoms with Crippen LogP contribution in [-0.4, -0.2) is 23.6 Å². The smallest absolute Gasteiger partial charge is 0.335 e. The number of nitrogens with one attached hydrogen (secondary N) is 1. The molecule has 0 spiro atoms. The Morgan fingerprint density at radius 1 is 1.50 bits per heavy atom. The number of carbonyl (C=O) groups excluding carboxylic acids is 1. The van der Waals surface area contributed by atoms with Gasteiger partial charge in [0, 0.05) is 0 Å². The SMILES string of the molecule is O=C1CCOc2cc(C(=O)O)cc(Cl)c2N1. The number of hydrogen-bond donors (Lipinski definition) is 2. The van der Waals surface area contributed by atoms with Crippen LogP contribution >= 0.6 is 11.6 Å². The monoisotopic (exact) mass is 241 g/mol. The number of ether oxygens (including phenoxy) is 1. The first-order valence-corrected chi connectivity index (χ1v) is 4.95. The van der Waals surface area contributed by atoms with Crippen molar-refractivity contribution >= 4 is 29.2 Å². The average Bonchev–Trinajstić information content (AvgIpc) is 2.39. The molecule has 1 aliphatic rings. The van der Waals surface area contributed by atoms with Crippen LogP contribution in [0.4, 0.5) is 5.69 Å². The highest BCUT2D eigenvalue weighted by Gasteiger charge is 2.19. The first-order chi connectivity index (χ1) is 7.58. The molecule has 6 heteroatoms. The van der Waals surface area contributed by atoms with Crippen molar-refractivity contribution < 1.29 is 19.4 Å². The number of hydrogen-bond acceptors (Lipinski definition) is 3. The van der Waals surface area contributed by atoms with E-state index >= 15 is 0 Å². The number of carbonyl (C=O) groups is 2. The van der Waals surface area contributed by atoms with E-state index in [9.17, 15) is 9.59 Å². The van der Waals surface area contributed by atoms with Crippen molar-refractivity contribution in [1.82, 2.24) is 0 Å².